The van der Waals surface area contributed by atoms with Gasteiger partial charge in [-0.3, -0.25) is 0 Å². The van der Waals surface area contributed by atoms with Crippen molar-refractivity contribution in [3.63, 3.8) is 0 Å². The molecule has 6 N–H and O–H groups in total. The van der Waals surface area contributed by atoms with Crippen molar-refractivity contribution in [2.75, 3.05) is 26.3 Å². The van der Waals surface area contributed by atoms with Crippen molar-refractivity contribution in [3.05, 3.63) is 84.9 Å². The van der Waals surface area contributed by atoms with Crippen molar-refractivity contribution < 1.29 is 19.7 Å². The quantitative estimate of drug-likeness (QED) is 0.102. The number of aliphatic hydroxyl groups excluding tert-OH is 2. The Bertz CT molecular complexity index is 1660. The minimum absolute atomic E-state index is 0.276. The first-order valence-corrected chi connectivity index (χ1v) is 15.4. The molecule has 2 atom stereocenters. The highest BCUT2D eigenvalue weighted by molar-refractivity contribution is 6.11. The van der Waals surface area contributed by atoms with Crippen molar-refractivity contribution in [1.82, 2.24) is 20.6 Å². The number of aromatic nitrogens is 2. The van der Waals surface area contributed by atoms with E-state index >= 15 is 0 Å². The number of aromatic amines is 2. The first kappa shape index (κ1) is 31.3. The van der Waals surface area contributed by atoms with Gasteiger partial charge in [-0.25, -0.2) is 0 Å². The number of rotatable bonds is 12. The molecule has 0 aliphatic heterocycles. The van der Waals surface area contributed by atoms with E-state index in [0.29, 0.717) is 25.2 Å². The van der Waals surface area contributed by atoms with Gasteiger partial charge in [0, 0.05) is 57.8 Å². The molecule has 2 aromatic heterocycles. The minimum Gasteiger partial charge on any atom is -0.490 e. The van der Waals surface area contributed by atoms with Gasteiger partial charge in [0.1, 0.15) is 36.9 Å². The molecule has 0 saturated heterocycles. The Balaban J connectivity index is 0.000000175. The monoisotopic (exact) mass is 596 g/mol. The molecule has 232 valence electrons. The van der Waals surface area contributed by atoms with Crippen LogP contribution in [-0.2, 0) is 0 Å². The molecule has 2 heterocycles. The van der Waals surface area contributed by atoms with Crippen LogP contribution in [-0.4, -0.2) is 70.8 Å². The van der Waals surface area contributed by atoms with Crippen LogP contribution in [0.5, 0.6) is 11.5 Å². The summed E-state index contributed by atoms with van der Waals surface area (Å²) in [6, 6.07) is 29.0. The van der Waals surface area contributed by atoms with Crippen LogP contribution in [0.25, 0.3) is 43.6 Å². The molecule has 0 aliphatic rings. The SMILES string of the molecule is CC(C)NCC(O)COc1cccc2[nH]c3ccccc3c12.CC(C)NCC(O)COc1cccc2[nH]c3ccccc3c12. The number of H-pyrrole nitrogens is 2. The number of aliphatic hydroxyl groups is 2. The number of para-hydroxylation sites is 2. The van der Waals surface area contributed by atoms with Crippen molar-refractivity contribution >= 4 is 43.6 Å². The third-order valence-electron chi connectivity index (χ3n) is 7.37. The van der Waals surface area contributed by atoms with E-state index in [4.69, 9.17) is 9.47 Å². The van der Waals surface area contributed by atoms with Crippen LogP contribution in [0, 0.1) is 0 Å². The van der Waals surface area contributed by atoms with Gasteiger partial charge in [0.2, 0.25) is 0 Å². The normalized spacial score (nSPS) is 13.1. The van der Waals surface area contributed by atoms with E-state index < -0.39 is 12.2 Å². The molecule has 6 rings (SSSR count). The molecule has 0 saturated carbocycles. The molecular formula is C36H44N4O4. The van der Waals surface area contributed by atoms with Crippen LogP contribution in [0.2, 0.25) is 0 Å². The lowest BCUT2D eigenvalue weighted by molar-refractivity contribution is 0.105. The number of hydrogen-bond donors (Lipinski definition) is 6. The molecule has 4 aromatic carbocycles. The van der Waals surface area contributed by atoms with Crippen LogP contribution in [0.4, 0.5) is 0 Å². The second-order valence-electron chi connectivity index (χ2n) is 11.8. The molecular weight excluding hydrogens is 552 g/mol. The third-order valence-corrected chi connectivity index (χ3v) is 7.37. The fraction of sp³-hybridized carbons (Fsp3) is 0.333. The number of ether oxygens (including phenoxy) is 2. The van der Waals surface area contributed by atoms with E-state index in [1.54, 1.807) is 0 Å². The van der Waals surface area contributed by atoms with E-state index in [1.165, 1.54) is 0 Å². The van der Waals surface area contributed by atoms with Gasteiger partial charge >= 0.3 is 0 Å². The Kier molecular flexibility index (Phi) is 10.4. The Hall–Kier alpha value is -4.08. The van der Waals surface area contributed by atoms with Gasteiger partial charge in [-0.2, -0.15) is 0 Å². The van der Waals surface area contributed by atoms with Crippen LogP contribution < -0.4 is 20.1 Å². The van der Waals surface area contributed by atoms with Crippen molar-refractivity contribution in [2.45, 2.75) is 52.0 Å². The van der Waals surface area contributed by atoms with Gasteiger partial charge in [0.25, 0.3) is 0 Å². The highest BCUT2D eigenvalue weighted by atomic mass is 16.5. The van der Waals surface area contributed by atoms with Crippen LogP contribution in [0.15, 0.2) is 84.9 Å². The maximum atomic E-state index is 10.0. The molecule has 0 radical (unpaired) electrons. The number of nitrogens with one attached hydrogen (secondary N) is 4. The van der Waals surface area contributed by atoms with Gasteiger partial charge in [0.05, 0.1) is 11.0 Å². The van der Waals surface area contributed by atoms with Gasteiger partial charge in [-0.1, -0.05) is 76.2 Å². The highest BCUT2D eigenvalue weighted by Crippen LogP contribution is 2.34. The summed E-state index contributed by atoms with van der Waals surface area (Å²) in [7, 11) is 0. The molecule has 8 heteroatoms. The molecule has 0 fully saturated rings. The maximum absolute atomic E-state index is 10.0. The summed E-state index contributed by atoms with van der Waals surface area (Å²) in [4.78, 5) is 6.78. The first-order chi connectivity index (χ1) is 21.3. The predicted molar refractivity (Wildman–Crippen MR) is 181 cm³/mol. The molecule has 8 nitrogen and oxygen atoms in total. The van der Waals surface area contributed by atoms with E-state index in [-0.39, 0.29) is 13.2 Å². The van der Waals surface area contributed by atoms with Crippen LogP contribution in [0.3, 0.4) is 0 Å². The van der Waals surface area contributed by atoms with E-state index in [0.717, 1.165) is 55.1 Å². The summed E-state index contributed by atoms with van der Waals surface area (Å²) in [5, 5.41) is 30.8. The zero-order chi connectivity index (χ0) is 31.1. The van der Waals surface area contributed by atoms with Crippen LogP contribution in [0.1, 0.15) is 27.7 Å². The predicted octanol–water partition coefficient (Wildman–Crippen LogP) is 6.12. The summed E-state index contributed by atoms with van der Waals surface area (Å²) in [5.41, 5.74) is 4.29. The second kappa shape index (κ2) is 14.6. The molecule has 0 amide bonds. The standard InChI is InChI=1S/2C18H22N2O2/c2*1-12(2)19-10-13(21)11-22-17-9-5-8-16-18(17)14-6-3-4-7-15(14)20-16/h2*3-9,12-13,19-21H,10-11H2,1-2H3. The second-order valence-corrected chi connectivity index (χ2v) is 11.8. The van der Waals surface area contributed by atoms with E-state index in [9.17, 15) is 10.2 Å². The van der Waals surface area contributed by atoms with Gasteiger partial charge in [-0.05, 0) is 36.4 Å². The van der Waals surface area contributed by atoms with Crippen molar-refractivity contribution in [2.24, 2.45) is 0 Å². The van der Waals surface area contributed by atoms with Crippen molar-refractivity contribution in [1.29, 1.82) is 0 Å². The van der Waals surface area contributed by atoms with Gasteiger partial charge in [0.15, 0.2) is 0 Å². The zero-order valence-corrected chi connectivity index (χ0v) is 25.9. The lowest BCUT2D eigenvalue weighted by atomic mass is 10.1. The van der Waals surface area contributed by atoms with Gasteiger partial charge in [-0.15, -0.1) is 0 Å². The van der Waals surface area contributed by atoms with E-state index in [1.807, 2.05) is 60.7 Å². The van der Waals surface area contributed by atoms with Crippen LogP contribution >= 0.6 is 0 Å². The fourth-order valence-electron chi connectivity index (χ4n) is 5.21. The third kappa shape index (κ3) is 7.70. The minimum atomic E-state index is -0.525. The molecule has 0 spiro atoms. The molecule has 2 unspecified atom stereocenters. The lowest BCUT2D eigenvalue weighted by Crippen LogP contribution is -2.35. The Morgan fingerprint density at radius 3 is 1.34 bits per heavy atom. The zero-order valence-electron chi connectivity index (χ0n) is 25.9. The highest BCUT2D eigenvalue weighted by Gasteiger charge is 2.13. The Morgan fingerprint density at radius 1 is 0.545 bits per heavy atom. The van der Waals surface area contributed by atoms with E-state index in [2.05, 4.69) is 72.6 Å². The van der Waals surface area contributed by atoms with Gasteiger partial charge < -0.3 is 40.3 Å². The first-order valence-electron chi connectivity index (χ1n) is 15.4. The summed E-state index contributed by atoms with van der Waals surface area (Å²) < 4.78 is 11.7. The smallest absolute Gasteiger partial charge is 0.129 e. The molecule has 6 aromatic rings. The summed E-state index contributed by atoms with van der Waals surface area (Å²) in [5.74, 6) is 1.61. The summed E-state index contributed by atoms with van der Waals surface area (Å²) in [6.07, 6.45) is -1.05. The summed E-state index contributed by atoms with van der Waals surface area (Å²) >= 11 is 0. The number of benzene rings is 4. The van der Waals surface area contributed by atoms with Crippen molar-refractivity contribution in [3.8, 4) is 11.5 Å². The Labute approximate surface area is 258 Å². The average Bonchev–Trinajstić information content (AvgIpc) is 3.60. The number of fused-ring (bicyclic) bond motifs is 6. The average molecular weight is 597 g/mol. The topological polar surface area (TPSA) is 115 Å². The maximum Gasteiger partial charge on any atom is 0.129 e. The molecule has 44 heavy (non-hydrogen) atoms. The molecule has 0 bridgehead atoms. The molecule has 0 aliphatic carbocycles. The Morgan fingerprint density at radius 2 is 0.932 bits per heavy atom. The lowest BCUT2D eigenvalue weighted by Gasteiger charge is -2.15. The largest absolute Gasteiger partial charge is 0.490 e. The summed E-state index contributed by atoms with van der Waals surface area (Å²) in [6.45, 7) is 9.83. The number of hydrogen-bond acceptors (Lipinski definition) is 6. The fourth-order valence-corrected chi connectivity index (χ4v) is 5.21.